The number of para-hydroxylation sites is 1. The third kappa shape index (κ3) is 4.90. The fourth-order valence-corrected chi connectivity index (χ4v) is 4.08. The minimum absolute atomic E-state index is 0.119. The molecular formula is C21H26N3OS+. The van der Waals surface area contributed by atoms with E-state index in [-0.39, 0.29) is 11.9 Å². The number of carbonyl (C=O) groups is 1. The number of nitrogens with zero attached hydrogens (tertiary/aromatic N) is 1. The zero-order valence-corrected chi connectivity index (χ0v) is 16.2. The molecule has 2 N–H and O–H groups in total. The lowest BCUT2D eigenvalue weighted by Crippen LogP contribution is -3.07. The summed E-state index contributed by atoms with van der Waals surface area (Å²) in [7, 11) is 4.24. The number of nitrogens with one attached hydrogen (secondary N) is 2. The Kier molecular flexibility index (Phi) is 6.36. The van der Waals surface area contributed by atoms with Gasteiger partial charge in [0.25, 0.3) is 0 Å². The van der Waals surface area contributed by atoms with Gasteiger partial charge in [0.2, 0.25) is 5.91 Å². The van der Waals surface area contributed by atoms with Crippen molar-refractivity contribution in [2.75, 3.05) is 20.6 Å². The largest absolute Gasteiger partial charge is 0.350 e. The molecule has 136 valence electrons. The first-order valence-corrected chi connectivity index (χ1v) is 9.91. The number of rotatable bonds is 8. The van der Waals surface area contributed by atoms with Gasteiger partial charge in [0.15, 0.2) is 0 Å². The molecule has 1 aromatic heterocycles. The standard InChI is InChI=1S/C21H25N3OS/c1-24(2)18(16-9-4-3-5-10-16)15-22-20(25)13-8-14-21-23-17-11-6-7-12-19(17)26-21/h3-7,9-12,18H,8,13-15H2,1-2H3,(H,22,25)/p+1/t18-/m0/s1. The first-order chi connectivity index (χ1) is 12.6. The molecule has 0 saturated heterocycles. The van der Waals surface area contributed by atoms with Crippen LogP contribution < -0.4 is 10.2 Å². The van der Waals surface area contributed by atoms with Gasteiger partial charge in [-0.1, -0.05) is 42.5 Å². The molecule has 0 aliphatic heterocycles. The Morgan fingerprint density at radius 3 is 2.58 bits per heavy atom. The van der Waals surface area contributed by atoms with Crippen molar-refractivity contribution in [3.05, 3.63) is 65.2 Å². The van der Waals surface area contributed by atoms with Crippen LogP contribution in [0.25, 0.3) is 10.2 Å². The molecule has 0 radical (unpaired) electrons. The molecule has 3 rings (SSSR count). The number of hydrogen-bond acceptors (Lipinski definition) is 3. The maximum atomic E-state index is 12.2. The minimum Gasteiger partial charge on any atom is -0.350 e. The normalized spacial score (nSPS) is 12.4. The van der Waals surface area contributed by atoms with Gasteiger partial charge in [-0.2, -0.15) is 0 Å². The van der Waals surface area contributed by atoms with Gasteiger partial charge < -0.3 is 10.2 Å². The lowest BCUT2D eigenvalue weighted by molar-refractivity contribution is -0.890. The maximum Gasteiger partial charge on any atom is 0.220 e. The highest BCUT2D eigenvalue weighted by atomic mass is 32.1. The van der Waals surface area contributed by atoms with Crippen molar-refractivity contribution < 1.29 is 9.69 Å². The van der Waals surface area contributed by atoms with Crippen molar-refractivity contribution in [2.24, 2.45) is 0 Å². The molecule has 0 aliphatic rings. The minimum atomic E-state index is 0.119. The second kappa shape index (κ2) is 8.92. The summed E-state index contributed by atoms with van der Waals surface area (Å²) >= 11 is 1.72. The number of aromatic nitrogens is 1. The number of quaternary nitrogens is 1. The molecule has 3 aromatic rings. The van der Waals surface area contributed by atoms with Crippen molar-refractivity contribution >= 4 is 27.5 Å². The van der Waals surface area contributed by atoms with Crippen LogP contribution in [-0.4, -0.2) is 31.5 Å². The number of amides is 1. The number of carbonyl (C=O) groups excluding carboxylic acids is 1. The molecule has 0 unspecified atom stereocenters. The fraction of sp³-hybridized carbons (Fsp3) is 0.333. The summed E-state index contributed by atoms with van der Waals surface area (Å²) in [5.74, 6) is 0.119. The van der Waals surface area contributed by atoms with Gasteiger partial charge >= 0.3 is 0 Å². The summed E-state index contributed by atoms with van der Waals surface area (Å²) in [4.78, 5) is 18.2. The van der Waals surface area contributed by atoms with E-state index in [1.165, 1.54) is 15.2 Å². The number of hydrogen-bond donors (Lipinski definition) is 2. The van der Waals surface area contributed by atoms with E-state index in [0.717, 1.165) is 23.4 Å². The van der Waals surface area contributed by atoms with Crippen LogP contribution >= 0.6 is 11.3 Å². The third-order valence-electron chi connectivity index (χ3n) is 4.53. The molecular weight excluding hydrogens is 342 g/mol. The number of benzene rings is 2. The van der Waals surface area contributed by atoms with Gasteiger partial charge in [-0.05, 0) is 25.0 Å². The second-order valence-electron chi connectivity index (χ2n) is 6.77. The Bertz CT molecular complexity index is 812. The molecule has 1 atom stereocenters. The van der Waals surface area contributed by atoms with E-state index in [0.29, 0.717) is 13.0 Å². The zero-order valence-electron chi connectivity index (χ0n) is 15.4. The Hall–Kier alpha value is -2.24. The van der Waals surface area contributed by atoms with Crippen LogP contribution in [0.2, 0.25) is 0 Å². The maximum absolute atomic E-state index is 12.2. The van der Waals surface area contributed by atoms with Crippen LogP contribution in [0.3, 0.4) is 0 Å². The predicted molar refractivity (Wildman–Crippen MR) is 108 cm³/mol. The molecule has 0 aliphatic carbocycles. The lowest BCUT2D eigenvalue weighted by atomic mass is 10.1. The monoisotopic (exact) mass is 368 g/mol. The van der Waals surface area contributed by atoms with Crippen molar-refractivity contribution in [1.82, 2.24) is 10.3 Å². The third-order valence-corrected chi connectivity index (χ3v) is 5.63. The van der Waals surface area contributed by atoms with E-state index in [1.807, 2.05) is 36.4 Å². The number of likely N-dealkylation sites (N-methyl/N-ethyl adjacent to an activating group) is 1. The van der Waals surface area contributed by atoms with E-state index in [9.17, 15) is 4.79 Å². The highest BCUT2D eigenvalue weighted by Gasteiger charge is 2.18. The number of fused-ring (bicyclic) bond motifs is 1. The number of aryl methyl sites for hydroxylation is 1. The van der Waals surface area contributed by atoms with Crippen molar-refractivity contribution in [2.45, 2.75) is 25.3 Å². The highest BCUT2D eigenvalue weighted by Crippen LogP contribution is 2.22. The fourth-order valence-electron chi connectivity index (χ4n) is 3.07. The molecule has 26 heavy (non-hydrogen) atoms. The molecule has 1 amide bonds. The van der Waals surface area contributed by atoms with Crippen LogP contribution in [0.4, 0.5) is 0 Å². The Morgan fingerprint density at radius 2 is 1.85 bits per heavy atom. The van der Waals surface area contributed by atoms with Gasteiger partial charge in [0.05, 0.1) is 35.9 Å². The molecule has 5 heteroatoms. The Balaban J connectivity index is 1.46. The molecule has 0 fully saturated rings. The van der Waals surface area contributed by atoms with E-state index in [4.69, 9.17) is 0 Å². The molecule has 1 heterocycles. The van der Waals surface area contributed by atoms with Crippen LogP contribution in [0.1, 0.15) is 29.5 Å². The average Bonchev–Trinajstić information content (AvgIpc) is 3.05. The van der Waals surface area contributed by atoms with Crippen molar-refractivity contribution in [3.8, 4) is 0 Å². The summed E-state index contributed by atoms with van der Waals surface area (Å²) < 4.78 is 1.21. The van der Waals surface area contributed by atoms with Gasteiger partial charge in [0.1, 0.15) is 6.04 Å². The molecule has 2 aromatic carbocycles. The summed E-state index contributed by atoms with van der Waals surface area (Å²) in [5.41, 5.74) is 2.30. The summed E-state index contributed by atoms with van der Waals surface area (Å²) in [6.07, 6.45) is 2.23. The van der Waals surface area contributed by atoms with E-state index < -0.39 is 0 Å². The quantitative estimate of drug-likeness (QED) is 0.642. The molecule has 0 saturated carbocycles. The molecule has 0 bridgehead atoms. The van der Waals surface area contributed by atoms with Gasteiger partial charge in [-0.15, -0.1) is 11.3 Å². The Labute approximate surface area is 158 Å². The van der Waals surface area contributed by atoms with E-state index >= 15 is 0 Å². The van der Waals surface area contributed by atoms with Crippen molar-refractivity contribution in [3.63, 3.8) is 0 Å². The second-order valence-corrected chi connectivity index (χ2v) is 7.89. The van der Waals surface area contributed by atoms with Gasteiger partial charge in [-0.25, -0.2) is 4.98 Å². The first kappa shape index (κ1) is 18.5. The smallest absolute Gasteiger partial charge is 0.220 e. The van der Waals surface area contributed by atoms with E-state index in [2.05, 4.69) is 42.6 Å². The SMILES string of the molecule is C[NH+](C)[C@@H](CNC(=O)CCCc1nc2ccccc2s1)c1ccccc1. The van der Waals surface area contributed by atoms with Gasteiger partial charge in [0, 0.05) is 12.0 Å². The predicted octanol–water partition coefficient (Wildman–Crippen LogP) is 2.62. The van der Waals surface area contributed by atoms with E-state index in [1.54, 1.807) is 11.3 Å². The van der Waals surface area contributed by atoms with Gasteiger partial charge in [-0.3, -0.25) is 4.79 Å². The molecule has 0 spiro atoms. The molecule has 4 nitrogen and oxygen atoms in total. The van der Waals surface area contributed by atoms with Crippen LogP contribution in [0.15, 0.2) is 54.6 Å². The Morgan fingerprint density at radius 1 is 1.12 bits per heavy atom. The van der Waals surface area contributed by atoms with Crippen LogP contribution in [0, 0.1) is 0 Å². The average molecular weight is 369 g/mol. The van der Waals surface area contributed by atoms with Crippen LogP contribution in [-0.2, 0) is 11.2 Å². The zero-order chi connectivity index (χ0) is 18.4. The highest BCUT2D eigenvalue weighted by molar-refractivity contribution is 7.18. The van der Waals surface area contributed by atoms with Crippen molar-refractivity contribution in [1.29, 1.82) is 0 Å². The topological polar surface area (TPSA) is 46.4 Å². The summed E-state index contributed by atoms with van der Waals surface area (Å²) in [5, 5.41) is 4.21. The first-order valence-electron chi connectivity index (χ1n) is 9.09. The summed E-state index contributed by atoms with van der Waals surface area (Å²) in [6, 6.07) is 18.8. The summed E-state index contributed by atoms with van der Waals surface area (Å²) in [6.45, 7) is 0.659. The van der Waals surface area contributed by atoms with Crippen LogP contribution in [0.5, 0.6) is 0 Å². The lowest BCUT2D eigenvalue weighted by Gasteiger charge is -2.22. The number of thiazole rings is 1.